The maximum Gasteiger partial charge on any atom is 0.304 e. The summed E-state index contributed by atoms with van der Waals surface area (Å²) in [5, 5.41) is 3.58. The highest BCUT2D eigenvalue weighted by atomic mass is 35.5. The number of hydrogen-bond donors (Lipinski definition) is 1. The summed E-state index contributed by atoms with van der Waals surface area (Å²) >= 11 is 6.01. The van der Waals surface area contributed by atoms with Crippen LogP contribution in [0.1, 0.15) is 44.6 Å². The van der Waals surface area contributed by atoms with Crippen molar-refractivity contribution in [3.63, 3.8) is 0 Å². The summed E-state index contributed by atoms with van der Waals surface area (Å²) in [6.07, 6.45) is 5.01. The molecule has 2 aromatic carbocycles. The van der Waals surface area contributed by atoms with Gasteiger partial charge in [0.25, 0.3) is 0 Å². The van der Waals surface area contributed by atoms with Gasteiger partial charge in [-0.2, -0.15) is 12.7 Å². The van der Waals surface area contributed by atoms with Crippen LogP contribution in [0.15, 0.2) is 48.5 Å². The Kier molecular flexibility index (Phi) is 9.92. The smallest absolute Gasteiger partial charge is 0.304 e. The van der Waals surface area contributed by atoms with Crippen LogP contribution in [-0.4, -0.2) is 62.2 Å². The number of halogens is 2. The molecule has 1 fully saturated rings. The van der Waals surface area contributed by atoms with Crippen LogP contribution in [0.3, 0.4) is 0 Å². The van der Waals surface area contributed by atoms with Gasteiger partial charge in [0, 0.05) is 31.7 Å². The van der Waals surface area contributed by atoms with E-state index in [1.54, 1.807) is 31.2 Å². The van der Waals surface area contributed by atoms with E-state index < -0.39 is 34.5 Å². The molecule has 0 heterocycles. The Morgan fingerprint density at radius 1 is 1.03 bits per heavy atom. The summed E-state index contributed by atoms with van der Waals surface area (Å²) in [4.78, 5) is 28.2. The predicted octanol–water partition coefficient (Wildman–Crippen LogP) is 3.96. The van der Waals surface area contributed by atoms with Crippen LogP contribution in [0.4, 0.5) is 10.1 Å². The number of carbonyl (C=O) groups excluding carboxylic acids is 2. The molecule has 1 aliphatic carbocycles. The lowest BCUT2D eigenvalue weighted by Crippen LogP contribution is -2.53. The van der Waals surface area contributed by atoms with E-state index in [9.17, 15) is 22.4 Å². The van der Waals surface area contributed by atoms with Gasteiger partial charge in [-0.15, -0.1) is 0 Å². The van der Waals surface area contributed by atoms with E-state index in [1.807, 2.05) is 0 Å². The van der Waals surface area contributed by atoms with Crippen LogP contribution in [-0.2, 0) is 26.3 Å². The second kappa shape index (κ2) is 12.7. The lowest BCUT2D eigenvalue weighted by molar-refractivity contribution is -0.139. The number of nitrogens with zero attached hydrogens (tertiary/aromatic N) is 3. The zero-order valence-electron chi connectivity index (χ0n) is 21.4. The normalized spacial score (nSPS) is 15.3. The fourth-order valence-electron chi connectivity index (χ4n) is 4.26. The van der Waals surface area contributed by atoms with Crippen molar-refractivity contribution in [1.29, 1.82) is 0 Å². The number of carbonyl (C=O) groups is 2. The van der Waals surface area contributed by atoms with Gasteiger partial charge in [0.15, 0.2) is 0 Å². The molecule has 1 N–H and O–H groups in total. The molecule has 2 amide bonds. The molecule has 0 saturated heterocycles. The monoisotopic (exact) mass is 552 g/mol. The first-order valence-electron chi connectivity index (χ1n) is 12.3. The van der Waals surface area contributed by atoms with Crippen molar-refractivity contribution in [3.05, 3.63) is 64.9 Å². The van der Waals surface area contributed by atoms with Crippen molar-refractivity contribution in [2.24, 2.45) is 0 Å². The van der Waals surface area contributed by atoms with E-state index in [4.69, 9.17) is 11.6 Å². The molecule has 37 heavy (non-hydrogen) atoms. The SMILES string of the molecule is C[C@H](C(=O)NC1CCCCC1)N(Cc1ccc(Cl)cc1)C(=O)CN(c1ccc(F)cc1)S(=O)(=O)N(C)C. The van der Waals surface area contributed by atoms with Gasteiger partial charge < -0.3 is 10.2 Å². The second-order valence-corrected chi connectivity index (χ2v) is 11.9. The van der Waals surface area contributed by atoms with E-state index in [-0.39, 0.29) is 24.2 Å². The van der Waals surface area contributed by atoms with Crippen molar-refractivity contribution in [2.75, 3.05) is 24.9 Å². The highest BCUT2D eigenvalue weighted by Gasteiger charge is 2.33. The molecule has 8 nitrogen and oxygen atoms in total. The van der Waals surface area contributed by atoms with Crippen molar-refractivity contribution < 1.29 is 22.4 Å². The third-order valence-corrected chi connectivity index (χ3v) is 8.59. The van der Waals surface area contributed by atoms with E-state index in [0.29, 0.717) is 5.02 Å². The van der Waals surface area contributed by atoms with Crippen LogP contribution in [0.25, 0.3) is 0 Å². The lowest BCUT2D eigenvalue weighted by atomic mass is 9.95. The summed E-state index contributed by atoms with van der Waals surface area (Å²) < 4.78 is 41.7. The fourth-order valence-corrected chi connectivity index (χ4v) is 5.44. The molecule has 1 atom stereocenters. The molecule has 0 aliphatic heterocycles. The van der Waals surface area contributed by atoms with Gasteiger partial charge in [-0.3, -0.25) is 9.59 Å². The van der Waals surface area contributed by atoms with Gasteiger partial charge in [0.05, 0.1) is 5.69 Å². The average Bonchev–Trinajstić information content (AvgIpc) is 2.87. The summed E-state index contributed by atoms with van der Waals surface area (Å²) in [6.45, 7) is 1.14. The number of benzene rings is 2. The Balaban J connectivity index is 1.90. The summed E-state index contributed by atoms with van der Waals surface area (Å²) in [5.41, 5.74) is 0.869. The van der Waals surface area contributed by atoms with Gasteiger partial charge in [-0.25, -0.2) is 8.70 Å². The average molecular weight is 553 g/mol. The van der Waals surface area contributed by atoms with Crippen LogP contribution in [0.2, 0.25) is 5.02 Å². The van der Waals surface area contributed by atoms with E-state index in [2.05, 4.69) is 5.32 Å². The first kappa shape index (κ1) is 28.9. The topological polar surface area (TPSA) is 90.0 Å². The Bertz CT molecular complexity index is 1170. The maximum absolute atomic E-state index is 13.7. The zero-order chi connectivity index (χ0) is 27.2. The quantitative estimate of drug-likeness (QED) is 0.483. The summed E-state index contributed by atoms with van der Waals surface area (Å²) in [6, 6.07) is 10.9. The van der Waals surface area contributed by atoms with Gasteiger partial charge >= 0.3 is 10.2 Å². The highest BCUT2D eigenvalue weighted by Crippen LogP contribution is 2.22. The van der Waals surface area contributed by atoms with Crippen molar-refractivity contribution in [3.8, 4) is 0 Å². The van der Waals surface area contributed by atoms with Gasteiger partial charge in [-0.05, 0) is 61.7 Å². The van der Waals surface area contributed by atoms with Crippen LogP contribution in [0.5, 0.6) is 0 Å². The first-order chi connectivity index (χ1) is 17.5. The Labute approximate surface area is 223 Å². The number of nitrogens with one attached hydrogen (secondary N) is 1. The fraction of sp³-hybridized carbons (Fsp3) is 0.462. The molecule has 0 unspecified atom stereocenters. The third kappa shape index (κ3) is 7.66. The lowest BCUT2D eigenvalue weighted by Gasteiger charge is -2.34. The van der Waals surface area contributed by atoms with Crippen molar-refractivity contribution >= 4 is 39.3 Å². The Hall–Kier alpha value is -2.69. The number of anilines is 1. The van der Waals surface area contributed by atoms with Crippen molar-refractivity contribution in [1.82, 2.24) is 14.5 Å². The first-order valence-corrected chi connectivity index (χ1v) is 14.1. The summed E-state index contributed by atoms with van der Waals surface area (Å²) in [7, 11) is -1.40. The molecule has 1 saturated carbocycles. The van der Waals surface area contributed by atoms with Crippen LogP contribution in [0, 0.1) is 5.82 Å². The maximum atomic E-state index is 13.7. The molecular weight excluding hydrogens is 519 g/mol. The molecule has 2 aromatic rings. The Morgan fingerprint density at radius 3 is 2.19 bits per heavy atom. The third-order valence-electron chi connectivity index (χ3n) is 6.52. The summed E-state index contributed by atoms with van der Waals surface area (Å²) in [5.74, 6) is -1.40. The molecule has 1 aliphatic rings. The predicted molar refractivity (Wildman–Crippen MR) is 143 cm³/mol. The molecule has 0 spiro atoms. The molecular formula is C26H34ClFN4O4S. The minimum atomic E-state index is -4.10. The molecule has 0 radical (unpaired) electrons. The van der Waals surface area contributed by atoms with Gasteiger partial charge in [0.1, 0.15) is 18.4 Å². The highest BCUT2D eigenvalue weighted by molar-refractivity contribution is 7.90. The van der Waals surface area contributed by atoms with Gasteiger partial charge in [0.2, 0.25) is 11.8 Å². The van der Waals surface area contributed by atoms with Crippen LogP contribution >= 0.6 is 11.6 Å². The largest absolute Gasteiger partial charge is 0.352 e. The van der Waals surface area contributed by atoms with Crippen molar-refractivity contribution in [2.45, 2.75) is 57.7 Å². The molecule has 202 valence electrons. The zero-order valence-corrected chi connectivity index (χ0v) is 22.9. The minimum Gasteiger partial charge on any atom is -0.352 e. The van der Waals surface area contributed by atoms with Gasteiger partial charge in [-0.1, -0.05) is 43.0 Å². The number of rotatable bonds is 10. The van der Waals surface area contributed by atoms with E-state index in [0.717, 1.165) is 58.4 Å². The standard InChI is InChI=1S/C26H34ClFN4O4S/c1-19(26(34)29-23-7-5-4-6-8-23)31(17-20-9-11-21(27)12-10-20)25(33)18-32(37(35,36)30(2)3)24-15-13-22(28)14-16-24/h9-16,19,23H,4-8,17-18H2,1-3H3,(H,29,34)/t19-/m1/s1. The molecule has 0 aromatic heterocycles. The Morgan fingerprint density at radius 2 is 1.62 bits per heavy atom. The number of hydrogen-bond acceptors (Lipinski definition) is 4. The van der Waals surface area contributed by atoms with E-state index >= 15 is 0 Å². The molecule has 11 heteroatoms. The molecule has 3 rings (SSSR count). The van der Waals surface area contributed by atoms with E-state index in [1.165, 1.54) is 31.1 Å². The van der Waals surface area contributed by atoms with Crippen LogP contribution < -0.4 is 9.62 Å². The number of amides is 2. The second-order valence-electron chi connectivity index (χ2n) is 9.44. The minimum absolute atomic E-state index is 0.0565. The molecule has 0 bridgehead atoms.